The second-order valence-corrected chi connectivity index (χ2v) is 5.33. The van der Waals surface area contributed by atoms with Gasteiger partial charge in [-0.3, -0.25) is 4.79 Å². The fraction of sp³-hybridized carbons (Fsp3) is 0.200. The molecule has 0 unspecified atom stereocenters. The lowest BCUT2D eigenvalue weighted by atomic mass is 10.3. The molecule has 0 aliphatic carbocycles. The molecule has 1 N–H and O–H groups in total. The van der Waals surface area contributed by atoms with E-state index in [0.29, 0.717) is 27.3 Å². The normalized spacial score (nSPS) is 12.8. The van der Waals surface area contributed by atoms with Gasteiger partial charge < -0.3 is 9.15 Å². The minimum atomic E-state index is -0.771. The highest BCUT2D eigenvalue weighted by Gasteiger charge is 2.16. The molecule has 22 heavy (non-hydrogen) atoms. The van der Waals surface area contributed by atoms with Crippen LogP contribution in [-0.4, -0.2) is 17.7 Å². The summed E-state index contributed by atoms with van der Waals surface area (Å²) in [5, 5.41) is 4.78. The molecule has 116 valence electrons. The number of benzene rings is 1. The summed E-state index contributed by atoms with van der Waals surface area (Å²) in [7, 11) is 0. The third kappa shape index (κ3) is 4.26. The van der Waals surface area contributed by atoms with E-state index in [-0.39, 0.29) is 0 Å². The number of carbonyl (C=O) groups excluding carboxylic acids is 1. The number of nitrogens with zero attached hydrogens (tertiary/aromatic N) is 1. The van der Waals surface area contributed by atoms with Crippen molar-refractivity contribution in [2.45, 2.75) is 20.0 Å². The van der Waals surface area contributed by atoms with E-state index < -0.39 is 12.0 Å². The van der Waals surface area contributed by atoms with Crippen LogP contribution >= 0.6 is 23.2 Å². The molecule has 1 amide bonds. The minimum absolute atomic E-state index is 0.336. The first kappa shape index (κ1) is 16.4. The Morgan fingerprint density at radius 3 is 2.77 bits per heavy atom. The standard InChI is InChI=1S/C15H14Cl2N2O3/c1-9(13-4-3-7-21-13)18-19-15(20)10(2)22-14-6-5-11(16)8-12(14)17/h3-8,10H,1-2H3,(H,19,20)/b18-9-/t10-/m0/s1. The Hall–Kier alpha value is -1.98. The molecule has 0 saturated heterocycles. The molecule has 2 rings (SSSR count). The highest BCUT2D eigenvalue weighted by Crippen LogP contribution is 2.28. The molecule has 0 spiro atoms. The van der Waals surface area contributed by atoms with E-state index in [1.54, 1.807) is 44.2 Å². The lowest BCUT2D eigenvalue weighted by molar-refractivity contribution is -0.127. The maximum Gasteiger partial charge on any atom is 0.280 e. The van der Waals surface area contributed by atoms with Gasteiger partial charge in [-0.2, -0.15) is 5.10 Å². The maximum absolute atomic E-state index is 12.0. The Morgan fingerprint density at radius 2 is 2.14 bits per heavy atom. The van der Waals surface area contributed by atoms with Gasteiger partial charge in [-0.05, 0) is 44.2 Å². The van der Waals surface area contributed by atoms with Gasteiger partial charge in [0.25, 0.3) is 5.91 Å². The SMILES string of the molecule is C/C(=N/NC(=O)[C@H](C)Oc1ccc(Cl)cc1Cl)c1ccco1. The lowest BCUT2D eigenvalue weighted by Crippen LogP contribution is -2.34. The first-order valence-electron chi connectivity index (χ1n) is 6.47. The van der Waals surface area contributed by atoms with Crippen LogP contribution in [0.2, 0.25) is 10.0 Å². The number of halogens is 2. The lowest BCUT2D eigenvalue weighted by Gasteiger charge is -2.14. The number of hydrogen-bond donors (Lipinski definition) is 1. The molecule has 1 atom stereocenters. The predicted molar refractivity (Wildman–Crippen MR) is 85.6 cm³/mol. The number of nitrogens with one attached hydrogen (secondary N) is 1. The summed E-state index contributed by atoms with van der Waals surface area (Å²) in [6.45, 7) is 3.32. The van der Waals surface area contributed by atoms with Crippen molar-refractivity contribution in [3.8, 4) is 5.75 Å². The first-order valence-corrected chi connectivity index (χ1v) is 7.22. The molecule has 1 aromatic heterocycles. The second-order valence-electron chi connectivity index (χ2n) is 4.49. The van der Waals surface area contributed by atoms with Crippen molar-refractivity contribution in [3.05, 3.63) is 52.4 Å². The Morgan fingerprint density at radius 1 is 1.36 bits per heavy atom. The molecule has 0 radical (unpaired) electrons. The monoisotopic (exact) mass is 340 g/mol. The van der Waals surface area contributed by atoms with E-state index >= 15 is 0 Å². The van der Waals surface area contributed by atoms with Gasteiger partial charge >= 0.3 is 0 Å². The summed E-state index contributed by atoms with van der Waals surface area (Å²) in [6, 6.07) is 8.27. The van der Waals surface area contributed by atoms with Crippen molar-refractivity contribution in [1.82, 2.24) is 5.43 Å². The molecule has 2 aromatic rings. The second kappa shape index (κ2) is 7.33. The summed E-state index contributed by atoms with van der Waals surface area (Å²) < 4.78 is 10.7. The van der Waals surface area contributed by atoms with Crippen molar-refractivity contribution in [2.75, 3.05) is 0 Å². The zero-order valence-electron chi connectivity index (χ0n) is 12.0. The highest BCUT2D eigenvalue weighted by atomic mass is 35.5. The number of hydrogen-bond acceptors (Lipinski definition) is 4. The van der Waals surface area contributed by atoms with Crippen LogP contribution in [0.15, 0.2) is 46.1 Å². The van der Waals surface area contributed by atoms with Crippen LogP contribution in [0.3, 0.4) is 0 Å². The molecule has 1 aromatic carbocycles. The van der Waals surface area contributed by atoms with E-state index in [2.05, 4.69) is 10.5 Å². The smallest absolute Gasteiger partial charge is 0.280 e. The quantitative estimate of drug-likeness (QED) is 0.663. The minimum Gasteiger partial charge on any atom is -0.479 e. The van der Waals surface area contributed by atoms with Crippen molar-refractivity contribution in [3.63, 3.8) is 0 Å². The summed E-state index contributed by atoms with van der Waals surface area (Å²) >= 11 is 11.8. The van der Waals surface area contributed by atoms with E-state index in [0.717, 1.165) is 0 Å². The fourth-order valence-corrected chi connectivity index (χ4v) is 2.04. The van der Waals surface area contributed by atoms with E-state index in [4.69, 9.17) is 32.4 Å². The van der Waals surface area contributed by atoms with Gasteiger partial charge in [0.15, 0.2) is 6.10 Å². The van der Waals surface area contributed by atoms with Crippen LogP contribution in [0.25, 0.3) is 0 Å². The van der Waals surface area contributed by atoms with Crippen LogP contribution in [0, 0.1) is 0 Å². The zero-order valence-corrected chi connectivity index (χ0v) is 13.5. The van der Waals surface area contributed by atoms with E-state index in [1.807, 2.05) is 0 Å². The number of rotatable bonds is 5. The zero-order chi connectivity index (χ0) is 16.1. The van der Waals surface area contributed by atoms with Crippen LogP contribution in [0.5, 0.6) is 5.75 Å². The van der Waals surface area contributed by atoms with Crippen LogP contribution in [-0.2, 0) is 4.79 Å². The number of amides is 1. The first-order chi connectivity index (χ1) is 10.5. The average Bonchev–Trinajstić information content (AvgIpc) is 3.01. The number of furan rings is 1. The molecule has 0 bridgehead atoms. The summed E-state index contributed by atoms with van der Waals surface area (Å²) in [6.07, 6.45) is 0.761. The Kier molecular flexibility index (Phi) is 5.46. The van der Waals surface area contributed by atoms with Gasteiger partial charge in [-0.15, -0.1) is 0 Å². The van der Waals surface area contributed by atoms with Crippen LogP contribution in [0.1, 0.15) is 19.6 Å². The van der Waals surface area contributed by atoms with Gasteiger partial charge in [0.05, 0.1) is 11.3 Å². The summed E-state index contributed by atoms with van der Waals surface area (Å²) in [4.78, 5) is 12.0. The van der Waals surface area contributed by atoms with Crippen LogP contribution in [0.4, 0.5) is 0 Å². The third-order valence-corrected chi connectivity index (χ3v) is 3.31. The predicted octanol–water partition coefficient (Wildman–Crippen LogP) is 3.89. The Balaban J connectivity index is 1.96. The Bertz CT molecular complexity index is 684. The highest BCUT2D eigenvalue weighted by molar-refractivity contribution is 6.35. The number of hydrazone groups is 1. The molecule has 0 saturated carbocycles. The molecule has 1 heterocycles. The maximum atomic E-state index is 12.0. The van der Waals surface area contributed by atoms with E-state index in [1.165, 1.54) is 6.26 Å². The van der Waals surface area contributed by atoms with Crippen LogP contribution < -0.4 is 10.2 Å². The topological polar surface area (TPSA) is 63.8 Å². The summed E-state index contributed by atoms with van der Waals surface area (Å²) in [5.41, 5.74) is 2.97. The molecular formula is C15H14Cl2N2O3. The largest absolute Gasteiger partial charge is 0.479 e. The van der Waals surface area contributed by atoms with Gasteiger partial charge in [0.2, 0.25) is 0 Å². The van der Waals surface area contributed by atoms with Crippen molar-refractivity contribution >= 4 is 34.8 Å². The van der Waals surface area contributed by atoms with Gasteiger partial charge in [0.1, 0.15) is 17.2 Å². The fourth-order valence-electron chi connectivity index (χ4n) is 1.58. The van der Waals surface area contributed by atoms with Gasteiger partial charge in [-0.1, -0.05) is 23.2 Å². The number of carbonyl (C=O) groups is 1. The van der Waals surface area contributed by atoms with Gasteiger partial charge in [0, 0.05) is 5.02 Å². The number of ether oxygens (including phenoxy) is 1. The summed E-state index contributed by atoms with van der Waals surface area (Å²) in [5.74, 6) is 0.548. The van der Waals surface area contributed by atoms with Crippen molar-refractivity contribution in [2.24, 2.45) is 5.10 Å². The van der Waals surface area contributed by atoms with Crippen molar-refractivity contribution in [1.29, 1.82) is 0 Å². The van der Waals surface area contributed by atoms with Gasteiger partial charge in [-0.25, -0.2) is 5.43 Å². The third-order valence-electron chi connectivity index (χ3n) is 2.78. The molecule has 0 aliphatic heterocycles. The molecular weight excluding hydrogens is 327 g/mol. The van der Waals surface area contributed by atoms with E-state index in [9.17, 15) is 4.79 Å². The molecule has 7 heteroatoms. The van der Waals surface area contributed by atoms with Crippen molar-refractivity contribution < 1.29 is 13.9 Å². The molecule has 5 nitrogen and oxygen atoms in total. The Labute approximate surface area is 137 Å². The molecule has 0 fully saturated rings. The average molecular weight is 341 g/mol. The molecule has 0 aliphatic rings.